The first-order chi connectivity index (χ1) is 8.81. The first kappa shape index (κ1) is 14.3. The second kappa shape index (κ2) is 5.13. The number of hydrogen-bond donors (Lipinski definition) is 0. The number of imidazole rings is 1. The number of aryl methyl sites for hydroxylation is 1. The van der Waals surface area contributed by atoms with Gasteiger partial charge in [-0.15, -0.1) is 11.6 Å². The molecular formula is C13H17ClN2O2S. The van der Waals surface area contributed by atoms with Gasteiger partial charge >= 0.3 is 0 Å². The minimum atomic E-state index is -3.04. The van der Waals surface area contributed by atoms with Crippen molar-refractivity contribution in [1.82, 2.24) is 9.55 Å². The molecule has 0 aliphatic rings. The van der Waals surface area contributed by atoms with Gasteiger partial charge in [-0.2, -0.15) is 0 Å². The van der Waals surface area contributed by atoms with Crippen LogP contribution in [0, 0.1) is 6.92 Å². The van der Waals surface area contributed by atoms with Crippen molar-refractivity contribution in [3.8, 4) is 0 Å². The van der Waals surface area contributed by atoms with Crippen molar-refractivity contribution in [2.75, 3.05) is 12.0 Å². The lowest BCUT2D eigenvalue weighted by molar-refractivity contribution is 0.561. The molecule has 0 aliphatic carbocycles. The average Bonchev–Trinajstić information content (AvgIpc) is 2.64. The van der Waals surface area contributed by atoms with Crippen LogP contribution < -0.4 is 0 Å². The Morgan fingerprint density at radius 3 is 2.68 bits per heavy atom. The Kier molecular flexibility index (Phi) is 3.87. The zero-order chi connectivity index (χ0) is 14.2. The van der Waals surface area contributed by atoms with Gasteiger partial charge in [-0.3, -0.25) is 0 Å². The zero-order valence-corrected chi connectivity index (χ0v) is 12.8. The largest absolute Gasteiger partial charge is 0.323 e. The molecule has 104 valence electrons. The molecule has 2 rings (SSSR count). The van der Waals surface area contributed by atoms with Crippen molar-refractivity contribution in [2.24, 2.45) is 0 Å². The van der Waals surface area contributed by atoms with Gasteiger partial charge in [0.05, 0.1) is 22.7 Å². The molecule has 0 N–H and O–H groups in total. The maximum Gasteiger partial charge on any atom is 0.149 e. The monoisotopic (exact) mass is 300 g/mol. The van der Waals surface area contributed by atoms with Crippen molar-refractivity contribution in [2.45, 2.75) is 25.8 Å². The Morgan fingerprint density at radius 1 is 1.42 bits per heavy atom. The Bertz CT molecular complexity index is 707. The van der Waals surface area contributed by atoms with E-state index in [-0.39, 0.29) is 17.7 Å². The summed E-state index contributed by atoms with van der Waals surface area (Å²) in [5.41, 5.74) is 2.90. The molecule has 6 heteroatoms. The van der Waals surface area contributed by atoms with Crippen molar-refractivity contribution in [3.05, 3.63) is 29.6 Å². The smallest absolute Gasteiger partial charge is 0.149 e. The molecule has 0 aliphatic heterocycles. The number of hydrogen-bond acceptors (Lipinski definition) is 3. The third-order valence-corrected chi connectivity index (χ3v) is 4.35. The van der Waals surface area contributed by atoms with E-state index in [9.17, 15) is 8.42 Å². The summed E-state index contributed by atoms with van der Waals surface area (Å²) in [4.78, 5) is 4.46. The van der Waals surface area contributed by atoms with Gasteiger partial charge < -0.3 is 4.57 Å². The van der Waals surface area contributed by atoms with Gasteiger partial charge in [0.1, 0.15) is 15.7 Å². The van der Waals surface area contributed by atoms with Crippen molar-refractivity contribution < 1.29 is 8.42 Å². The molecule has 0 bridgehead atoms. The minimum absolute atomic E-state index is 0.0797. The molecule has 0 radical (unpaired) electrons. The maximum absolute atomic E-state index is 11.5. The standard InChI is InChI=1S/C13H17ClN2O2S/c1-9-4-5-11-12(6-9)16(13(7-14)15-11)10(2)8-19(3,17)18/h4-6,10H,7-8H2,1-3H3. The Labute approximate surface area is 118 Å². The molecule has 0 saturated carbocycles. The van der Waals surface area contributed by atoms with Crippen LogP contribution in [0.15, 0.2) is 18.2 Å². The topological polar surface area (TPSA) is 52.0 Å². The predicted octanol–water partition coefficient (Wildman–Crippen LogP) is 2.69. The number of fused-ring (bicyclic) bond motifs is 1. The predicted molar refractivity (Wildman–Crippen MR) is 78.4 cm³/mol. The lowest BCUT2D eigenvalue weighted by Crippen LogP contribution is -2.18. The lowest BCUT2D eigenvalue weighted by Gasteiger charge is -2.16. The second-order valence-corrected chi connectivity index (χ2v) is 7.42. The summed E-state index contributed by atoms with van der Waals surface area (Å²) < 4.78 is 24.9. The molecule has 1 heterocycles. The summed E-state index contributed by atoms with van der Waals surface area (Å²) in [5.74, 6) is 1.05. The molecule has 1 aromatic carbocycles. The van der Waals surface area contributed by atoms with Gasteiger partial charge in [0.2, 0.25) is 0 Å². The maximum atomic E-state index is 11.5. The molecule has 0 saturated heterocycles. The van der Waals surface area contributed by atoms with E-state index < -0.39 is 9.84 Å². The van der Waals surface area contributed by atoms with Crippen molar-refractivity contribution in [3.63, 3.8) is 0 Å². The molecule has 1 atom stereocenters. The van der Waals surface area contributed by atoms with Crippen LogP contribution in [0.25, 0.3) is 11.0 Å². The molecule has 0 spiro atoms. The van der Waals surface area contributed by atoms with Crippen molar-refractivity contribution in [1.29, 1.82) is 0 Å². The van der Waals surface area contributed by atoms with E-state index in [1.165, 1.54) is 6.26 Å². The van der Waals surface area contributed by atoms with Gasteiger partial charge in [0, 0.05) is 12.3 Å². The number of halogens is 1. The highest BCUT2D eigenvalue weighted by atomic mass is 35.5. The third kappa shape index (κ3) is 3.09. The summed E-state index contributed by atoms with van der Waals surface area (Å²) in [7, 11) is -3.04. The van der Waals surface area contributed by atoms with Gasteiger partial charge in [0.25, 0.3) is 0 Å². The fraction of sp³-hybridized carbons (Fsp3) is 0.462. The Morgan fingerprint density at radius 2 is 2.11 bits per heavy atom. The quantitative estimate of drug-likeness (QED) is 0.816. The Hall–Kier alpha value is -1.07. The fourth-order valence-electron chi connectivity index (χ4n) is 2.35. The summed E-state index contributed by atoms with van der Waals surface area (Å²) in [5, 5.41) is 0. The normalized spacial score (nSPS) is 13.9. The van der Waals surface area contributed by atoms with E-state index in [0.29, 0.717) is 5.82 Å². The first-order valence-electron chi connectivity index (χ1n) is 6.03. The lowest BCUT2D eigenvalue weighted by atomic mass is 10.2. The second-order valence-electron chi connectivity index (χ2n) is 4.97. The molecule has 2 aromatic rings. The summed E-state index contributed by atoms with van der Waals surface area (Å²) in [6.07, 6.45) is 1.24. The van der Waals surface area contributed by atoms with E-state index in [0.717, 1.165) is 16.6 Å². The van der Waals surface area contributed by atoms with Crippen LogP contribution in [0.3, 0.4) is 0 Å². The fourth-order valence-corrected chi connectivity index (χ4v) is 3.57. The van der Waals surface area contributed by atoms with E-state index in [1.54, 1.807) is 0 Å². The number of sulfone groups is 1. The molecule has 1 aromatic heterocycles. The summed E-state index contributed by atoms with van der Waals surface area (Å²) in [6.45, 7) is 3.87. The van der Waals surface area contributed by atoms with Crippen LogP contribution >= 0.6 is 11.6 Å². The number of aromatic nitrogens is 2. The van der Waals surface area contributed by atoms with E-state index in [2.05, 4.69) is 4.98 Å². The van der Waals surface area contributed by atoms with Crippen LogP contribution in [0.5, 0.6) is 0 Å². The van der Waals surface area contributed by atoms with E-state index in [1.807, 2.05) is 36.6 Å². The molecule has 19 heavy (non-hydrogen) atoms. The summed E-state index contributed by atoms with van der Waals surface area (Å²) >= 11 is 5.93. The zero-order valence-electron chi connectivity index (χ0n) is 11.2. The van der Waals surface area contributed by atoms with Crippen LogP contribution in [0.2, 0.25) is 0 Å². The van der Waals surface area contributed by atoms with Crippen LogP contribution in [-0.2, 0) is 15.7 Å². The van der Waals surface area contributed by atoms with Gasteiger partial charge in [-0.25, -0.2) is 13.4 Å². The molecular weight excluding hydrogens is 284 g/mol. The van der Waals surface area contributed by atoms with Crippen molar-refractivity contribution >= 4 is 32.5 Å². The number of alkyl halides is 1. The molecule has 0 amide bonds. The first-order valence-corrected chi connectivity index (χ1v) is 8.62. The molecule has 1 unspecified atom stereocenters. The highest BCUT2D eigenvalue weighted by molar-refractivity contribution is 7.90. The molecule has 0 fully saturated rings. The van der Waals surface area contributed by atoms with Crippen LogP contribution in [0.4, 0.5) is 0 Å². The van der Waals surface area contributed by atoms with Gasteiger partial charge in [0.15, 0.2) is 0 Å². The van der Waals surface area contributed by atoms with Crippen LogP contribution in [0.1, 0.15) is 24.4 Å². The molecule has 4 nitrogen and oxygen atoms in total. The average molecular weight is 301 g/mol. The highest BCUT2D eigenvalue weighted by Crippen LogP contribution is 2.24. The highest BCUT2D eigenvalue weighted by Gasteiger charge is 2.18. The van der Waals surface area contributed by atoms with E-state index in [4.69, 9.17) is 11.6 Å². The Balaban J connectivity index is 2.59. The number of benzene rings is 1. The number of nitrogens with zero attached hydrogens (tertiary/aromatic N) is 2. The van der Waals surface area contributed by atoms with Crippen LogP contribution in [-0.4, -0.2) is 30.0 Å². The van der Waals surface area contributed by atoms with E-state index >= 15 is 0 Å². The van der Waals surface area contributed by atoms with Gasteiger partial charge in [-0.05, 0) is 31.5 Å². The third-order valence-electron chi connectivity index (χ3n) is 3.02. The van der Waals surface area contributed by atoms with Gasteiger partial charge in [-0.1, -0.05) is 6.07 Å². The SMILES string of the molecule is Cc1ccc2nc(CCl)n(C(C)CS(C)(=O)=O)c2c1. The minimum Gasteiger partial charge on any atom is -0.323 e. The number of rotatable bonds is 4. The summed E-state index contributed by atoms with van der Waals surface area (Å²) in [6, 6.07) is 5.75.